The molecule has 2 rings (SSSR count). The molecule has 0 atom stereocenters. The zero-order valence-electron chi connectivity index (χ0n) is 18.3. The number of ether oxygens (including phenoxy) is 2. The minimum atomic E-state index is -3.34. The number of piperazine rings is 1. The van der Waals surface area contributed by atoms with Gasteiger partial charge < -0.3 is 24.1 Å². The smallest absolute Gasteiger partial charge is 0.341 e. The Labute approximate surface area is 178 Å². The molecular weight excluding hydrogens is 412 g/mol. The number of furan rings is 1. The first-order valence-corrected chi connectivity index (χ1v) is 11.5. The van der Waals surface area contributed by atoms with Crippen LogP contribution in [0.15, 0.2) is 15.5 Å². The van der Waals surface area contributed by atoms with Crippen LogP contribution in [0.25, 0.3) is 0 Å². The number of esters is 1. The van der Waals surface area contributed by atoms with Crippen molar-refractivity contribution in [1.29, 1.82) is 0 Å². The van der Waals surface area contributed by atoms with Crippen LogP contribution in [0.2, 0.25) is 0 Å². The maximum Gasteiger partial charge on any atom is 0.341 e. The Balaban J connectivity index is 1.87. The molecule has 1 saturated heterocycles. The lowest BCUT2D eigenvalue weighted by atomic mass is 10.2. The SMILES string of the molecule is CN=C(NCc1cc(C(=O)OC)c(C)o1)N1CCN(S(=O)(=O)CCOC(C)C)CC1. The van der Waals surface area contributed by atoms with E-state index >= 15 is 0 Å². The number of carbonyl (C=O) groups is 1. The number of aryl methyl sites for hydroxylation is 1. The van der Waals surface area contributed by atoms with Crippen molar-refractivity contribution in [2.45, 2.75) is 33.4 Å². The maximum absolute atomic E-state index is 12.5. The van der Waals surface area contributed by atoms with Gasteiger partial charge in [-0.2, -0.15) is 4.31 Å². The third kappa shape index (κ3) is 6.44. The number of rotatable bonds is 8. The minimum absolute atomic E-state index is 0.00749. The fraction of sp³-hybridized carbons (Fsp3) is 0.684. The molecule has 1 aromatic heterocycles. The molecule has 1 aliphatic rings. The molecule has 0 radical (unpaired) electrons. The third-order valence-electron chi connectivity index (χ3n) is 4.73. The molecule has 2 heterocycles. The third-order valence-corrected chi connectivity index (χ3v) is 6.57. The van der Waals surface area contributed by atoms with Gasteiger partial charge in [0.25, 0.3) is 0 Å². The van der Waals surface area contributed by atoms with E-state index in [9.17, 15) is 13.2 Å². The van der Waals surface area contributed by atoms with Crippen molar-refractivity contribution >= 4 is 22.0 Å². The molecule has 10 nitrogen and oxygen atoms in total. The van der Waals surface area contributed by atoms with Gasteiger partial charge in [-0.25, -0.2) is 13.2 Å². The van der Waals surface area contributed by atoms with E-state index in [-0.39, 0.29) is 18.5 Å². The summed E-state index contributed by atoms with van der Waals surface area (Å²) in [6, 6.07) is 1.64. The molecule has 0 unspecified atom stereocenters. The predicted molar refractivity (Wildman–Crippen MR) is 113 cm³/mol. The molecule has 1 aromatic rings. The topological polar surface area (TPSA) is 114 Å². The minimum Gasteiger partial charge on any atom is -0.465 e. The molecule has 1 aliphatic heterocycles. The van der Waals surface area contributed by atoms with E-state index in [1.54, 1.807) is 20.0 Å². The van der Waals surface area contributed by atoms with E-state index in [0.717, 1.165) is 0 Å². The highest BCUT2D eigenvalue weighted by Gasteiger charge is 2.28. The number of aliphatic imine (C=N–C) groups is 1. The Morgan fingerprint density at radius 3 is 2.53 bits per heavy atom. The predicted octanol–water partition coefficient (Wildman–Crippen LogP) is 0.822. The second kappa shape index (κ2) is 10.8. The van der Waals surface area contributed by atoms with Gasteiger partial charge in [-0.15, -0.1) is 0 Å². The summed E-state index contributed by atoms with van der Waals surface area (Å²) in [7, 11) is -0.346. The summed E-state index contributed by atoms with van der Waals surface area (Å²) in [4.78, 5) is 18.0. The van der Waals surface area contributed by atoms with Gasteiger partial charge in [-0.05, 0) is 26.8 Å². The lowest BCUT2D eigenvalue weighted by molar-refractivity contribution is 0.0598. The molecule has 0 aromatic carbocycles. The maximum atomic E-state index is 12.5. The largest absolute Gasteiger partial charge is 0.465 e. The van der Waals surface area contributed by atoms with Gasteiger partial charge in [0.1, 0.15) is 17.1 Å². The fourth-order valence-electron chi connectivity index (χ4n) is 3.14. The number of hydrogen-bond donors (Lipinski definition) is 1. The van der Waals surface area contributed by atoms with Gasteiger partial charge in [-0.3, -0.25) is 4.99 Å². The Morgan fingerprint density at radius 1 is 1.30 bits per heavy atom. The Bertz CT molecular complexity index is 841. The van der Waals surface area contributed by atoms with Crippen LogP contribution in [-0.4, -0.2) is 88.4 Å². The first-order chi connectivity index (χ1) is 14.2. The fourth-order valence-corrected chi connectivity index (χ4v) is 4.42. The van der Waals surface area contributed by atoms with Crippen molar-refractivity contribution in [2.75, 3.05) is 52.7 Å². The van der Waals surface area contributed by atoms with Gasteiger partial charge in [-0.1, -0.05) is 0 Å². The Hall–Kier alpha value is -2.11. The number of nitrogens with one attached hydrogen (secondary N) is 1. The van der Waals surface area contributed by atoms with Gasteiger partial charge >= 0.3 is 5.97 Å². The molecule has 30 heavy (non-hydrogen) atoms. The summed E-state index contributed by atoms with van der Waals surface area (Å²) in [5.74, 6) is 1.26. The van der Waals surface area contributed by atoms with Gasteiger partial charge in [0.15, 0.2) is 5.96 Å². The van der Waals surface area contributed by atoms with Crippen molar-refractivity contribution < 1.29 is 27.1 Å². The second-order valence-electron chi connectivity index (χ2n) is 7.20. The van der Waals surface area contributed by atoms with Gasteiger partial charge in [0.2, 0.25) is 10.0 Å². The van der Waals surface area contributed by atoms with Crippen molar-refractivity contribution in [1.82, 2.24) is 14.5 Å². The molecule has 1 N–H and O–H groups in total. The molecule has 0 saturated carbocycles. The highest BCUT2D eigenvalue weighted by molar-refractivity contribution is 7.89. The van der Waals surface area contributed by atoms with Crippen molar-refractivity contribution in [3.63, 3.8) is 0 Å². The molecule has 0 spiro atoms. The summed E-state index contributed by atoms with van der Waals surface area (Å²) in [5, 5.41) is 3.20. The van der Waals surface area contributed by atoms with Crippen LogP contribution in [0.3, 0.4) is 0 Å². The average Bonchev–Trinajstić information content (AvgIpc) is 3.08. The lowest BCUT2D eigenvalue weighted by Gasteiger charge is -2.35. The summed E-state index contributed by atoms with van der Waals surface area (Å²) in [6.07, 6.45) is 0.00749. The van der Waals surface area contributed by atoms with Crippen LogP contribution >= 0.6 is 0 Å². The number of nitrogens with zero attached hydrogens (tertiary/aromatic N) is 3. The molecule has 1 fully saturated rings. The highest BCUT2D eigenvalue weighted by atomic mass is 32.2. The highest BCUT2D eigenvalue weighted by Crippen LogP contribution is 2.16. The normalized spacial score (nSPS) is 16.2. The molecule has 170 valence electrons. The standard InChI is InChI=1S/C19H32N4O6S/c1-14(2)28-10-11-30(25,26)23-8-6-22(7-9-23)19(20-4)21-13-16-12-17(15(3)29-16)18(24)27-5/h12,14H,6-11,13H2,1-5H3,(H,20,21). The van der Waals surface area contributed by atoms with Gasteiger partial charge in [0, 0.05) is 33.2 Å². The number of carbonyl (C=O) groups excluding carboxylic acids is 1. The van der Waals surface area contributed by atoms with Crippen molar-refractivity contribution in [2.24, 2.45) is 4.99 Å². The Morgan fingerprint density at radius 2 is 1.97 bits per heavy atom. The summed E-state index contributed by atoms with van der Waals surface area (Å²) in [5.41, 5.74) is 0.393. The summed E-state index contributed by atoms with van der Waals surface area (Å²) < 4.78 is 42.1. The zero-order valence-corrected chi connectivity index (χ0v) is 19.1. The Kier molecular flexibility index (Phi) is 8.68. The van der Waals surface area contributed by atoms with Crippen LogP contribution in [0.4, 0.5) is 0 Å². The van der Waals surface area contributed by atoms with Crippen LogP contribution in [0, 0.1) is 6.92 Å². The quantitative estimate of drug-likeness (QED) is 0.356. The first-order valence-electron chi connectivity index (χ1n) is 9.90. The molecule has 0 aliphatic carbocycles. The van der Waals surface area contributed by atoms with Crippen LogP contribution in [0.1, 0.15) is 35.7 Å². The van der Waals surface area contributed by atoms with Gasteiger partial charge in [0.05, 0.1) is 32.1 Å². The summed E-state index contributed by atoms with van der Waals surface area (Å²) in [6.45, 7) is 7.82. The number of sulfonamides is 1. The average molecular weight is 445 g/mol. The zero-order chi connectivity index (χ0) is 22.3. The number of hydrogen-bond acceptors (Lipinski definition) is 7. The second-order valence-corrected chi connectivity index (χ2v) is 9.29. The molecule has 11 heteroatoms. The van der Waals surface area contributed by atoms with E-state index in [4.69, 9.17) is 13.9 Å². The molecule has 0 bridgehead atoms. The van der Waals surface area contributed by atoms with Crippen molar-refractivity contribution in [3.05, 3.63) is 23.2 Å². The van der Waals surface area contributed by atoms with E-state index in [1.807, 2.05) is 18.7 Å². The van der Waals surface area contributed by atoms with E-state index in [0.29, 0.717) is 55.8 Å². The molecule has 0 amide bonds. The lowest BCUT2D eigenvalue weighted by Crippen LogP contribution is -2.54. The monoisotopic (exact) mass is 444 g/mol. The van der Waals surface area contributed by atoms with Crippen LogP contribution in [0.5, 0.6) is 0 Å². The van der Waals surface area contributed by atoms with Crippen molar-refractivity contribution in [3.8, 4) is 0 Å². The van der Waals surface area contributed by atoms with E-state index in [1.165, 1.54) is 11.4 Å². The number of methoxy groups -OCH3 is 1. The number of guanidine groups is 1. The molecular formula is C19H32N4O6S. The van der Waals surface area contributed by atoms with Crippen LogP contribution in [-0.2, 0) is 26.0 Å². The first kappa shape index (κ1) is 24.2. The van der Waals surface area contributed by atoms with Crippen LogP contribution < -0.4 is 5.32 Å². The summed E-state index contributed by atoms with van der Waals surface area (Å²) >= 11 is 0. The van der Waals surface area contributed by atoms with E-state index < -0.39 is 16.0 Å². The van der Waals surface area contributed by atoms with E-state index in [2.05, 4.69) is 10.3 Å².